The van der Waals surface area contributed by atoms with E-state index in [0.717, 1.165) is 25.8 Å². The van der Waals surface area contributed by atoms with Gasteiger partial charge in [-0.1, -0.05) is 18.5 Å². The third kappa shape index (κ3) is 8.40. The molecule has 0 radical (unpaired) electrons. The van der Waals surface area contributed by atoms with Gasteiger partial charge in [0.25, 0.3) is 11.6 Å². The number of hydrogen-bond donors (Lipinski definition) is 0. The second kappa shape index (κ2) is 15.2. The molecule has 2 aliphatic heterocycles. The Balaban J connectivity index is 1.41. The number of carboxylic acids is 1. The molecule has 0 saturated carbocycles. The van der Waals surface area contributed by atoms with E-state index in [-0.39, 0.29) is 49.3 Å². The predicted molar refractivity (Wildman–Crippen MR) is 182 cm³/mol. The van der Waals surface area contributed by atoms with Crippen LogP contribution in [0.15, 0.2) is 47.4 Å². The number of halogens is 5. The van der Waals surface area contributed by atoms with Gasteiger partial charge in [0.15, 0.2) is 17.8 Å². The first kappa shape index (κ1) is 38.7. The van der Waals surface area contributed by atoms with E-state index in [4.69, 9.17) is 11.6 Å². The van der Waals surface area contributed by atoms with Crippen molar-refractivity contribution in [2.24, 2.45) is 5.92 Å². The van der Waals surface area contributed by atoms with Crippen LogP contribution in [0.2, 0.25) is 5.02 Å². The summed E-state index contributed by atoms with van der Waals surface area (Å²) in [5.41, 5.74) is 2.15. The summed E-state index contributed by atoms with van der Waals surface area (Å²) >= 11 is 6.24. The minimum Gasteiger partial charge on any atom is -0.550 e. The molecule has 0 spiro atoms. The van der Waals surface area contributed by atoms with Gasteiger partial charge in [-0.15, -0.1) is 13.2 Å². The smallest absolute Gasteiger partial charge is 0.522 e. The third-order valence-electron chi connectivity index (χ3n) is 9.44. The molecule has 1 aromatic heterocycles. The van der Waals surface area contributed by atoms with Crippen LogP contribution in [0.1, 0.15) is 58.4 Å². The van der Waals surface area contributed by atoms with Gasteiger partial charge in [0, 0.05) is 55.7 Å². The number of hydrogen-bond acceptors (Lipinski definition) is 7. The summed E-state index contributed by atoms with van der Waals surface area (Å²) in [6, 6.07) is 6.80. The van der Waals surface area contributed by atoms with Crippen LogP contribution in [0, 0.1) is 32.5 Å². The van der Waals surface area contributed by atoms with Gasteiger partial charge in [-0.2, -0.15) is 9.15 Å². The van der Waals surface area contributed by atoms with Crippen molar-refractivity contribution in [3.05, 3.63) is 91.6 Å². The number of aryl methyl sites for hydroxylation is 3. The average Bonchev–Trinajstić information content (AvgIpc) is 3.02. The van der Waals surface area contributed by atoms with Crippen LogP contribution in [0.3, 0.4) is 0 Å². The molecule has 1 fully saturated rings. The van der Waals surface area contributed by atoms with Crippen molar-refractivity contribution in [2.75, 3.05) is 19.6 Å². The molecule has 3 heterocycles. The SMILES string of the molecule is C=[N+](C(=O)c1cccn(CCN2CC(OC(F)(F)F)C2)c1=O)[C@H]1CC(C)C=[N+]([C@@H](CC(=O)[O-])c2cc(-c3c(C)cc(Cl)cc3C)cc(C)c2F)C1=O. The molecule has 0 aliphatic carbocycles. The summed E-state index contributed by atoms with van der Waals surface area (Å²) in [5.74, 6) is -4.24. The summed E-state index contributed by atoms with van der Waals surface area (Å²) in [4.78, 5) is 55.0. The number of carbonyl (C=O) groups is 3. The van der Waals surface area contributed by atoms with E-state index in [0.29, 0.717) is 10.6 Å². The van der Waals surface area contributed by atoms with Gasteiger partial charge >= 0.3 is 18.2 Å². The average molecular weight is 746 g/mol. The lowest BCUT2D eigenvalue weighted by atomic mass is 9.89. The fourth-order valence-electron chi connectivity index (χ4n) is 7.01. The van der Waals surface area contributed by atoms with Gasteiger partial charge in [0.2, 0.25) is 0 Å². The maximum absolute atomic E-state index is 16.0. The van der Waals surface area contributed by atoms with E-state index in [1.807, 2.05) is 13.8 Å². The maximum atomic E-state index is 16.0. The van der Waals surface area contributed by atoms with Gasteiger partial charge in [-0.3, -0.25) is 14.4 Å². The maximum Gasteiger partial charge on any atom is 0.522 e. The largest absolute Gasteiger partial charge is 0.550 e. The van der Waals surface area contributed by atoms with Crippen LogP contribution < -0.4 is 10.7 Å². The standard InChI is InChI=1S/C37H38ClF4N4O6/c1-20-11-30(43(5)34(49)27-7-6-8-45(35(27)50)10-9-44-18-26(19-44)52-37(40,41)42)36(51)46(17-20)29(16-31(47)48)28-15-24(12-23(4)33(28)39)32-21(2)13-25(38)14-22(32)3/h6-8,12-15,17,20,26,29-30H,5,9-11,16,18-19H2,1-4H3/q+1/t20?,29-,30-/m0/s1. The van der Waals surface area contributed by atoms with Crippen LogP contribution in [0.25, 0.3) is 11.1 Å². The molecule has 3 atom stereocenters. The van der Waals surface area contributed by atoms with Crippen molar-refractivity contribution in [2.45, 2.75) is 71.6 Å². The molecule has 52 heavy (non-hydrogen) atoms. The Labute approximate surface area is 302 Å². The second-order valence-corrected chi connectivity index (χ2v) is 13.9. The lowest BCUT2D eigenvalue weighted by Crippen LogP contribution is -2.54. The lowest BCUT2D eigenvalue weighted by Gasteiger charge is -2.38. The second-order valence-electron chi connectivity index (χ2n) is 13.5. The van der Waals surface area contributed by atoms with E-state index in [9.17, 15) is 37.5 Å². The zero-order valence-corrected chi connectivity index (χ0v) is 29.8. The molecule has 2 amide bonds. The van der Waals surface area contributed by atoms with Crippen molar-refractivity contribution in [3.8, 4) is 11.1 Å². The first-order valence-corrected chi connectivity index (χ1v) is 17.0. The number of amides is 2. The Morgan fingerprint density at radius 2 is 1.75 bits per heavy atom. The Morgan fingerprint density at radius 3 is 2.37 bits per heavy atom. The predicted octanol–water partition coefficient (Wildman–Crippen LogP) is 4.21. The van der Waals surface area contributed by atoms with Crippen molar-refractivity contribution in [3.63, 3.8) is 0 Å². The monoisotopic (exact) mass is 745 g/mol. The van der Waals surface area contributed by atoms with Crippen LogP contribution in [-0.2, 0) is 20.9 Å². The van der Waals surface area contributed by atoms with Crippen molar-refractivity contribution in [1.29, 1.82) is 0 Å². The van der Waals surface area contributed by atoms with Crippen LogP contribution in [0.4, 0.5) is 17.6 Å². The Bertz CT molecular complexity index is 2020. The first-order valence-electron chi connectivity index (χ1n) is 16.6. The molecule has 5 rings (SSSR count). The van der Waals surface area contributed by atoms with E-state index in [1.54, 1.807) is 30.0 Å². The molecule has 0 N–H and O–H groups in total. The van der Waals surface area contributed by atoms with E-state index in [2.05, 4.69) is 11.5 Å². The van der Waals surface area contributed by atoms with Crippen molar-refractivity contribution < 1.29 is 50.9 Å². The fourth-order valence-corrected chi connectivity index (χ4v) is 7.33. The molecule has 276 valence electrons. The van der Waals surface area contributed by atoms with Crippen LogP contribution in [-0.4, -0.2) is 87.5 Å². The Kier molecular flexibility index (Phi) is 11.3. The number of likely N-dealkylation sites (tertiary alicyclic amines) is 1. The zero-order chi connectivity index (χ0) is 38.2. The number of alkyl halides is 3. The number of rotatable bonds is 11. The summed E-state index contributed by atoms with van der Waals surface area (Å²) in [6.45, 7) is 11.1. The summed E-state index contributed by atoms with van der Waals surface area (Å²) < 4.78 is 60.6. The van der Waals surface area contributed by atoms with Crippen molar-refractivity contribution in [1.82, 2.24) is 9.47 Å². The number of aromatic nitrogens is 1. The van der Waals surface area contributed by atoms with E-state index in [1.165, 1.54) is 42.1 Å². The number of nitrogens with zero attached hydrogens (tertiary/aromatic N) is 4. The number of aliphatic carboxylic acids is 1. The number of ether oxygens (including phenoxy) is 1. The minimum atomic E-state index is -4.74. The molecule has 2 aliphatic rings. The highest BCUT2D eigenvalue weighted by molar-refractivity contribution is 6.30. The number of pyridine rings is 1. The van der Waals surface area contributed by atoms with Crippen LogP contribution >= 0.6 is 11.6 Å². The van der Waals surface area contributed by atoms with Gasteiger partial charge in [0.05, 0.1) is 18.1 Å². The quantitative estimate of drug-likeness (QED) is 0.164. The third-order valence-corrected chi connectivity index (χ3v) is 9.66. The molecule has 3 aromatic rings. The molecule has 15 heteroatoms. The van der Waals surface area contributed by atoms with Gasteiger partial charge in [0.1, 0.15) is 12.5 Å². The molecular weight excluding hydrogens is 708 g/mol. The molecule has 1 unspecified atom stereocenters. The summed E-state index contributed by atoms with van der Waals surface area (Å²) in [7, 11) is 0. The Morgan fingerprint density at radius 1 is 1.10 bits per heavy atom. The lowest BCUT2D eigenvalue weighted by molar-refractivity contribution is -0.541. The summed E-state index contributed by atoms with van der Waals surface area (Å²) in [5, 5.41) is 12.6. The van der Waals surface area contributed by atoms with E-state index < -0.39 is 66.0 Å². The molecule has 0 bridgehead atoms. The number of carbonyl (C=O) groups excluding carboxylic acids is 3. The molecule has 10 nitrogen and oxygen atoms in total. The number of benzene rings is 2. The fraction of sp³-hybridized carbons (Fsp3) is 0.405. The first-order chi connectivity index (χ1) is 24.3. The summed E-state index contributed by atoms with van der Waals surface area (Å²) in [6.07, 6.45) is -3.47. The molecular formula is C37H38ClF4N4O6+. The zero-order valence-electron chi connectivity index (χ0n) is 29.0. The number of carboxylic acid groups (broad SMARTS) is 1. The topological polar surface area (TPSA) is 115 Å². The van der Waals surface area contributed by atoms with Gasteiger partial charge in [-0.25, -0.2) is 14.0 Å². The minimum absolute atomic E-state index is 0.0299. The Hall–Kier alpha value is -4.53. The van der Waals surface area contributed by atoms with E-state index >= 15 is 4.39 Å². The van der Waals surface area contributed by atoms with Crippen LogP contribution in [0.5, 0.6) is 0 Å². The molecule has 2 aromatic carbocycles. The highest BCUT2D eigenvalue weighted by Crippen LogP contribution is 2.36. The highest BCUT2D eigenvalue weighted by Gasteiger charge is 2.49. The normalized spacial score (nSPS) is 18.9. The highest BCUT2D eigenvalue weighted by atomic mass is 35.5. The van der Waals surface area contributed by atoms with Crippen molar-refractivity contribution >= 4 is 42.3 Å². The van der Waals surface area contributed by atoms with Gasteiger partial charge in [-0.05, 0) is 85.0 Å². The van der Waals surface area contributed by atoms with Gasteiger partial charge < -0.3 is 14.5 Å². The molecule has 1 saturated heterocycles.